The molecule has 4 nitrogen and oxygen atoms in total. The maximum atomic E-state index is 8.51. The molecule has 0 fully saturated rings. The van der Waals surface area contributed by atoms with Gasteiger partial charge in [0.05, 0.1) is 23.5 Å². The van der Waals surface area contributed by atoms with Gasteiger partial charge < -0.3 is 14.7 Å². The summed E-state index contributed by atoms with van der Waals surface area (Å²) < 4.78 is 11.9. The highest BCUT2D eigenvalue weighted by atomic mass is 127. The molecule has 0 saturated carbocycles. The summed E-state index contributed by atoms with van der Waals surface area (Å²) in [6.45, 7) is 2.79. The maximum Gasteiger partial charge on any atom is 0.174 e. The Hall–Kier alpha value is -0.980. The molecular formula is C12H16INO3. The van der Waals surface area contributed by atoms with Crippen LogP contribution in [0.25, 0.3) is 0 Å². The molecule has 1 aromatic rings. The van der Waals surface area contributed by atoms with E-state index in [4.69, 9.17) is 14.7 Å². The molecule has 0 aliphatic heterocycles. The third-order valence-corrected chi connectivity index (χ3v) is 3.00. The molecule has 17 heavy (non-hydrogen) atoms. The molecule has 0 saturated heterocycles. The first-order chi connectivity index (χ1) is 8.22. The molecule has 1 rings (SSSR count). The van der Waals surface area contributed by atoms with Gasteiger partial charge in [0.25, 0.3) is 0 Å². The van der Waals surface area contributed by atoms with Crippen molar-refractivity contribution in [1.29, 1.82) is 0 Å². The number of unbranched alkanes of at least 4 members (excludes halogenated alkanes) is 1. The standard InChI is InChI=1S/C12H16INO3/c1-3-4-5-17-12-10(13)6-9(8-14-15)7-11(12)16-2/h6-8,15H,3-5H2,1-2H3. The quantitative estimate of drug-likeness (QED) is 0.282. The van der Waals surface area contributed by atoms with E-state index in [1.54, 1.807) is 13.2 Å². The molecule has 0 atom stereocenters. The van der Waals surface area contributed by atoms with E-state index in [2.05, 4.69) is 34.7 Å². The number of methoxy groups -OCH3 is 1. The fraction of sp³-hybridized carbons (Fsp3) is 0.417. The second-order valence-corrected chi connectivity index (χ2v) is 4.64. The first-order valence-corrected chi connectivity index (χ1v) is 6.48. The first kappa shape index (κ1) is 14.1. The van der Waals surface area contributed by atoms with Crippen LogP contribution in [0.15, 0.2) is 17.3 Å². The molecule has 94 valence electrons. The fourth-order valence-electron chi connectivity index (χ4n) is 1.34. The van der Waals surface area contributed by atoms with Gasteiger partial charge in [0.1, 0.15) is 0 Å². The minimum Gasteiger partial charge on any atom is -0.493 e. The molecule has 0 bridgehead atoms. The van der Waals surface area contributed by atoms with Gasteiger partial charge in [0.15, 0.2) is 11.5 Å². The Morgan fingerprint density at radius 1 is 1.47 bits per heavy atom. The average Bonchev–Trinajstić information content (AvgIpc) is 2.32. The van der Waals surface area contributed by atoms with Gasteiger partial charge in [-0.1, -0.05) is 18.5 Å². The van der Waals surface area contributed by atoms with Crippen LogP contribution in [0.3, 0.4) is 0 Å². The Kier molecular flexibility index (Phi) is 6.10. The Morgan fingerprint density at radius 3 is 2.82 bits per heavy atom. The number of nitrogens with zero attached hydrogens (tertiary/aromatic N) is 1. The van der Waals surface area contributed by atoms with Crippen LogP contribution in [0.5, 0.6) is 11.5 Å². The van der Waals surface area contributed by atoms with Crippen molar-refractivity contribution in [2.75, 3.05) is 13.7 Å². The lowest BCUT2D eigenvalue weighted by Crippen LogP contribution is -2.01. The molecule has 1 N–H and O–H groups in total. The van der Waals surface area contributed by atoms with Crippen LogP contribution >= 0.6 is 22.6 Å². The molecular weight excluding hydrogens is 333 g/mol. The lowest BCUT2D eigenvalue weighted by Gasteiger charge is -2.13. The highest BCUT2D eigenvalue weighted by molar-refractivity contribution is 14.1. The Balaban J connectivity index is 2.95. The lowest BCUT2D eigenvalue weighted by molar-refractivity contribution is 0.286. The Bertz CT molecular complexity index is 394. The third kappa shape index (κ3) is 4.07. The molecule has 0 aliphatic carbocycles. The minimum atomic E-state index is 0.655. The molecule has 0 amide bonds. The monoisotopic (exact) mass is 349 g/mol. The van der Waals surface area contributed by atoms with E-state index in [0.29, 0.717) is 12.4 Å². The first-order valence-electron chi connectivity index (χ1n) is 5.40. The predicted octanol–water partition coefficient (Wildman–Crippen LogP) is 3.29. The molecule has 0 radical (unpaired) electrons. The highest BCUT2D eigenvalue weighted by Gasteiger charge is 2.10. The van der Waals surface area contributed by atoms with E-state index in [1.165, 1.54) is 6.21 Å². The van der Waals surface area contributed by atoms with Crippen molar-refractivity contribution in [2.24, 2.45) is 5.16 Å². The van der Waals surface area contributed by atoms with Crippen LogP contribution in [0.4, 0.5) is 0 Å². The van der Waals surface area contributed by atoms with Crippen molar-refractivity contribution in [3.05, 3.63) is 21.3 Å². The number of hydrogen-bond acceptors (Lipinski definition) is 4. The summed E-state index contributed by atoms with van der Waals surface area (Å²) in [6.07, 6.45) is 3.47. The maximum absolute atomic E-state index is 8.51. The van der Waals surface area contributed by atoms with Crippen molar-refractivity contribution in [2.45, 2.75) is 19.8 Å². The van der Waals surface area contributed by atoms with Gasteiger partial charge >= 0.3 is 0 Å². The van der Waals surface area contributed by atoms with E-state index in [0.717, 1.165) is 27.7 Å². The van der Waals surface area contributed by atoms with Crippen LogP contribution in [-0.4, -0.2) is 25.1 Å². The smallest absolute Gasteiger partial charge is 0.174 e. The summed E-state index contributed by atoms with van der Waals surface area (Å²) in [7, 11) is 1.60. The summed E-state index contributed by atoms with van der Waals surface area (Å²) in [5.41, 5.74) is 0.775. The number of oxime groups is 1. The van der Waals surface area contributed by atoms with Crippen LogP contribution in [0.1, 0.15) is 25.3 Å². The van der Waals surface area contributed by atoms with Gasteiger partial charge in [-0.2, -0.15) is 0 Å². The van der Waals surface area contributed by atoms with Gasteiger partial charge in [0, 0.05) is 5.56 Å². The summed E-state index contributed by atoms with van der Waals surface area (Å²) >= 11 is 2.18. The normalized spacial score (nSPS) is 10.8. The minimum absolute atomic E-state index is 0.655. The number of ether oxygens (including phenoxy) is 2. The largest absolute Gasteiger partial charge is 0.493 e. The number of halogens is 1. The summed E-state index contributed by atoms with van der Waals surface area (Å²) in [6, 6.07) is 3.66. The SMILES string of the molecule is CCCCOc1c(I)cc(C=NO)cc1OC. The molecule has 1 aromatic carbocycles. The van der Waals surface area contributed by atoms with Crippen molar-refractivity contribution in [3.8, 4) is 11.5 Å². The Labute approximate surface area is 115 Å². The molecule has 0 aromatic heterocycles. The molecule has 0 spiro atoms. The summed E-state index contributed by atoms with van der Waals surface area (Å²) in [4.78, 5) is 0. The summed E-state index contributed by atoms with van der Waals surface area (Å²) in [5.74, 6) is 1.40. The fourth-order valence-corrected chi connectivity index (χ4v) is 2.12. The van der Waals surface area contributed by atoms with Crippen LogP contribution in [-0.2, 0) is 0 Å². The number of benzene rings is 1. The second-order valence-electron chi connectivity index (χ2n) is 3.48. The van der Waals surface area contributed by atoms with E-state index in [-0.39, 0.29) is 0 Å². The molecule has 5 heteroatoms. The van der Waals surface area contributed by atoms with E-state index >= 15 is 0 Å². The predicted molar refractivity (Wildman–Crippen MR) is 75.5 cm³/mol. The zero-order valence-electron chi connectivity index (χ0n) is 9.94. The van der Waals surface area contributed by atoms with Crippen molar-refractivity contribution in [3.63, 3.8) is 0 Å². The average molecular weight is 349 g/mol. The molecule has 0 unspecified atom stereocenters. The van der Waals surface area contributed by atoms with Crippen LogP contribution in [0.2, 0.25) is 0 Å². The van der Waals surface area contributed by atoms with E-state index in [1.807, 2.05) is 6.07 Å². The van der Waals surface area contributed by atoms with Crippen molar-refractivity contribution in [1.82, 2.24) is 0 Å². The lowest BCUT2D eigenvalue weighted by atomic mass is 10.2. The van der Waals surface area contributed by atoms with E-state index < -0.39 is 0 Å². The zero-order valence-corrected chi connectivity index (χ0v) is 12.1. The number of hydrogen-bond donors (Lipinski definition) is 1. The van der Waals surface area contributed by atoms with Crippen LogP contribution < -0.4 is 9.47 Å². The van der Waals surface area contributed by atoms with Gasteiger partial charge in [-0.15, -0.1) is 0 Å². The van der Waals surface area contributed by atoms with Crippen molar-refractivity contribution >= 4 is 28.8 Å². The van der Waals surface area contributed by atoms with Crippen molar-refractivity contribution < 1.29 is 14.7 Å². The highest BCUT2D eigenvalue weighted by Crippen LogP contribution is 2.33. The summed E-state index contributed by atoms with van der Waals surface area (Å²) in [5, 5.41) is 11.5. The topological polar surface area (TPSA) is 51.0 Å². The third-order valence-electron chi connectivity index (χ3n) is 2.20. The van der Waals surface area contributed by atoms with Gasteiger partial charge in [0.2, 0.25) is 0 Å². The Morgan fingerprint density at radius 2 is 2.24 bits per heavy atom. The van der Waals surface area contributed by atoms with Gasteiger partial charge in [-0.25, -0.2) is 0 Å². The zero-order chi connectivity index (χ0) is 12.7. The second kappa shape index (κ2) is 7.37. The number of rotatable bonds is 6. The molecule has 0 aliphatic rings. The van der Waals surface area contributed by atoms with E-state index in [9.17, 15) is 0 Å². The molecule has 0 heterocycles. The van der Waals surface area contributed by atoms with Gasteiger partial charge in [-0.05, 0) is 41.1 Å². The van der Waals surface area contributed by atoms with Gasteiger partial charge in [-0.3, -0.25) is 0 Å². The van der Waals surface area contributed by atoms with Crippen LogP contribution in [0, 0.1) is 3.57 Å².